The largest absolute Gasteiger partial charge is 0.477 e. The molecule has 1 saturated heterocycles. The fraction of sp³-hybridized carbons (Fsp3) is 0.692. The number of hydrogen-bond acceptors (Lipinski definition) is 4. The molecule has 1 amide bonds. The number of β-lactam (4-membered cyclic amide) rings is 1. The number of carboxylic acid groups (broad SMARTS) is 1. The first kappa shape index (κ1) is 14.0. The number of rotatable bonds is 4. The van der Waals surface area contributed by atoms with Crippen LogP contribution in [0.3, 0.4) is 0 Å². The van der Waals surface area contributed by atoms with E-state index in [1.54, 1.807) is 13.8 Å². The molecule has 0 spiro atoms. The van der Waals surface area contributed by atoms with Crippen molar-refractivity contribution < 1.29 is 19.8 Å². The third kappa shape index (κ3) is 1.63. The minimum Gasteiger partial charge on any atom is -0.477 e. The SMILES string of the molecule is CCC(N)C1=C(C(=O)O)N2C(=O)C(C)(C(C)O)C2C1. The predicted molar refractivity (Wildman–Crippen MR) is 68.0 cm³/mol. The molecule has 6 heteroatoms. The Morgan fingerprint density at radius 1 is 1.63 bits per heavy atom. The van der Waals surface area contributed by atoms with Gasteiger partial charge in [-0.25, -0.2) is 4.79 Å². The average molecular weight is 268 g/mol. The number of fused-ring (bicyclic) bond motifs is 1. The normalized spacial score (nSPS) is 33.0. The third-order valence-electron chi connectivity index (χ3n) is 4.60. The van der Waals surface area contributed by atoms with Crippen LogP contribution in [0.15, 0.2) is 11.3 Å². The Kier molecular flexibility index (Phi) is 3.18. The van der Waals surface area contributed by atoms with E-state index in [4.69, 9.17) is 5.73 Å². The summed E-state index contributed by atoms with van der Waals surface area (Å²) in [5.74, 6) is -1.45. The maximum atomic E-state index is 12.2. The zero-order chi connectivity index (χ0) is 14.5. The summed E-state index contributed by atoms with van der Waals surface area (Å²) in [5.41, 5.74) is 5.67. The van der Waals surface area contributed by atoms with Gasteiger partial charge in [0.1, 0.15) is 5.70 Å². The highest BCUT2D eigenvalue weighted by atomic mass is 16.4. The number of carbonyl (C=O) groups is 2. The molecule has 0 saturated carbocycles. The van der Waals surface area contributed by atoms with Gasteiger partial charge in [-0.2, -0.15) is 0 Å². The molecule has 106 valence electrons. The van der Waals surface area contributed by atoms with Crippen molar-refractivity contribution in [1.29, 1.82) is 0 Å². The van der Waals surface area contributed by atoms with Crippen LogP contribution in [0.4, 0.5) is 0 Å². The average Bonchev–Trinajstić information content (AvgIpc) is 2.73. The fourth-order valence-corrected chi connectivity index (χ4v) is 3.04. The monoisotopic (exact) mass is 268 g/mol. The number of amides is 1. The molecule has 4 N–H and O–H groups in total. The van der Waals surface area contributed by atoms with Crippen LogP contribution in [-0.4, -0.2) is 45.2 Å². The van der Waals surface area contributed by atoms with Crippen LogP contribution in [0.5, 0.6) is 0 Å². The number of aliphatic hydroxyl groups is 1. The topological polar surface area (TPSA) is 104 Å². The summed E-state index contributed by atoms with van der Waals surface area (Å²) in [6.45, 7) is 5.12. The summed E-state index contributed by atoms with van der Waals surface area (Å²) >= 11 is 0. The summed E-state index contributed by atoms with van der Waals surface area (Å²) in [7, 11) is 0. The lowest BCUT2D eigenvalue weighted by atomic mass is 9.68. The zero-order valence-electron chi connectivity index (χ0n) is 11.4. The van der Waals surface area contributed by atoms with Gasteiger partial charge < -0.3 is 20.8 Å². The molecule has 2 aliphatic heterocycles. The van der Waals surface area contributed by atoms with Gasteiger partial charge in [-0.05, 0) is 32.3 Å². The Hall–Kier alpha value is -1.40. The lowest BCUT2D eigenvalue weighted by Gasteiger charge is -2.53. The van der Waals surface area contributed by atoms with Gasteiger partial charge in [0.2, 0.25) is 5.91 Å². The van der Waals surface area contributed by atoms with Gasteiger partial charge in [-0.15, -0.1) is 0 Å². The van der Waals surface area contributed by atoms with Gasteiger partial charge in [-0.1, -0.05) is 6.92 Å². The quantitative estimate of drug-likeness (QED) is 0.626. The number of aliphatic hydroxyl groups excluding tert-OH is 1. The maximum absolute atomic E-state index is 12.2. The van der Waals surface area contributed by atoms with Crippen molar-refractivity contribution in [3.05, 3.63) is 11.3 Å². The van der Waals surface area contributed by atoms with E-state index in [9.17, 15) is 19.8 Å². The van der Waals surface area contributed by atoms with Crippen molar-refractivity contribution in [1.82, 2.24) is 4.90 Å². The third-order valence-corrected chi connectivity index (χ3v) is 4.60. The second-order valence-electron chi connectivity index (χ2n) is 5.55. The van der Waals surface area contributed by atoms with Crippen LogP contribution in [0.1, 0.15) is 33.6 Å². The van der Waals surface area contributed by atoms with E-state index >= 15 is 0 Å². The zero-order valence-corrected chi connectivity index (χ0v) is 11.4. The molecule has 0 bridgehead atoms. The summed E-state index contributed by atoms with van der Waals surface area (Å²) in [4.78, 5) is 24.9. The van der Waals surface area contributed by atoms with Crippen LogP contribution in [0.25, 0.3) is 0 Å². The number of hydrogen-bond donors (Lipinski definition) is 3. The first-order valence-electron chi connectivity index (χ1n) is 6.50. The Morgan fingerprint density at radius 3 is 2.63 bits per heavy atom. The van der Waals surface area contributed by atoms with Gasteiger partial charge in [0.25, 0.3) is 0 Å². The maximum Gasteiger partial charge on any atom is 0.352 e. The van der Waals surface area contributed by atoms with E-state index in [0.29, 0.717) is 18.4 Å². The fourth-order valence-electron chi connectivity index (χ4n) is 3.04. The minimum atomic E-state index is -1.12. The van der Waals surface area contributed by atoms with Crippen molar-refractivity contribution in [3.8, 4) is 0 Å². The summed E-state index contributed by atoms with van der Waals surface area (Å²) < 4.78 is 0. The second kappa shape index (κ2) is 4.31. The highest BCUT2D eigenvalue weighted by Gasteiger charge is 2.65. The number of nitrogens with two attached hydrogens (primary N) is 1. The molecule has 1 fully saturated rings. The van der Waals surface area contributed by atoms with Gasteiger partial charge >= 0.3 is 5.97 Å². The van der Waals surface area contributed by atoms with Crippen LogP contribution in [-0.2, 0) is 9.59 Å². The Morgan fingerprint density at radius 2 is 2.21 bits per heavy atom. The van der Waals surface area contributed by atoms with Crippen molar-refractivity contribution in [3.63, 3.8) is 0 Å². The molecule has 4 unspecified atom stereocenters. The molecule has 2 aliphatic rings. The van der Waals surface area contributed by atoms with E-state index in [0.717, 1.165) is 0 Å². The van der Waals surface area contributed by atoms with E-state index in [-0.39, 0.29) is 23.7 Å². The summed E-state index contributed by atoms with van der Waals surface area (Å²) in [5, 5.41) is 19.1. The molecule has 0 radical (unpaired) electrons. The molecule has 0 aromatic carbocycles. The molecule has 6 nitrogen and oxygen atoms in total. The van der Waals surface area contributed by atoms with E-state index in [1.807, 2.05) is 6.92 Å². The number of aliphatic carboxylic acids is 1. The molecule has 0 aromatic heterocycles. The van der Waals surface area contributed by atoms with Crippen LogP contribution in [0.2, 0.25) is 0 Å². The van der Waals surface area contributed by atoms with Crippen molar-refractivity contribution in [2.75, 3.05) is 0 Å². The predicted octanol–water partition coefficient (Wildman–Crippen LogP) is 0.0640. The summed E-state index contributed by atoms with van der Waals surface area (Å²) in [6, 6.07) is -0.651. The van der Waals surface area contributed by atoms with Crippen LogP contribution < -0.4 is 5.73 Å². The Bertz CT molecular complexity index is 471. The Labute approximate surface area is 111 Å². The molecular weight excluding hydrogens is 248 g/mol. The molecule has 4 atom stereocenters. The minimum absolute atomic E-state index is 0.0162. The van der Waals surface area contributed by atoms with Crippen LogP contribution in [0, 0.1) is 5.41 Å². The Balaban J connectivity index is 2.40. The van der Waals surface area contributed by atoms with Gasteiger partial charge in [-0.3, -0.25) is 4.79 Å². The molecule has 0 aliphatic carbocycles. The highest BCUT2D eigenvalue weighted by Crippen LogP contribution is 2.52. The summed E-state index contributed by atoms with van der Waals surface area (Å²) in [6.07, 6.45) is 0.240. The molecule has 0 aromatic rings. The molecule has 19 heavy (non-hydrogen) atoms. The number of nitrogens with zero attached hydrogens (tertiary/aromatic N) is 1. The van der Waals surface area contributed by atoms with E-state index in [1.165, 1.54) is 4.90 Å². The molecule has 2 rings (SSSR count). The van der Waals surface area contributed by atoms with E-state index < -0.39 is 17.5 Å². The first-order valence-corrected chi connectivity index (χ1v) is 6.50. The second-order valence-corrected chi connectivity index (χ2v) is 5.55. The van der Waals surface area contributed by atoms with Crippen molar-refractivity contribution in [2.24, 2.45) is 11.1 Å². The van der Waals surface area contributed by atoms with Gasteiger partial charge in [0.05, 0.1) is 17.6 Å². The van der Waals surface area contributed by atoms with Crippen molar-refractivity contribution >= 4 is 11.9 Å². The van der Waals surface area contributed by atoms with Gasteiger partial charge in [0, 0.05) is 6.04 Å². The van der Waals surface area contributed by atoms with Gasteiger partial charge in [0.15, 0.2) is 0 Å². The number of carbonyl (C=O) groups excluding carboxylic acids is 1. The van der Waals surface area contributed by atoms with Crippen molar-refractivity contribution in [2.45, 2.75) is 51.8 Å². The first-order chi connectivity index (χ1) is 8.76. The van der Waals surface area contributed by atoms with Crippen LogP contribution >= 0.6 is 0 Å². The lowest BCUT2D eigenvalue weighted by molar-refractivity contribution is -0.177. The standard InChI is InChI=1S/C13H20N2O4/c1-4-8(14)7-5-9-13(3,6(2)16)12(19)15(9)10(7)11(17)18/h6,8-9,16H,4-5,14H2,1-3H3,(H,17,18). The molecule has 2 heterocycles. The smallest absolute Gasteiger partial charge is 0.352 e. The molecular formula is C13H20N2O4. The number of carboxylic acids is 1. The highest BCUT2D eigenvalue weighted by molar-refractivity contribution is 6.01. The lowest BCUT2D eigenvalue weighted by Crippen LogP contribution is -2.69. The van der Waals surface area contributed by atoms with E-state index in [2.05, 4.69) is 0 Å².